The fourth-order valence-electron chi connectivity index (χ4n) is 2.29. The topological polar surface area (TPSA) is 122 Å². The van der Waals surface area contributed by atoms with E-state index >= 15 is 0 Å². The van der Waals surface area contributed by atoms with Crippen LogP contribution in [-0.4, -0.2) is 24.0 Å². The van der Waals surface area contributed by atoms with Gasteiger partial charge in [0.2, 0.25) is 11.5 Å². The molecule has 3 aromatic rings. The van der Waals surface area contributed by atoms with Crippen molar-refractivity contribution < 1.29 is 32.8 Å². The van der Waals surface area contributed by atoms with Gasteiger partial charge in [0.1, 0.15) is 12.4 Å². The third-order valence-electron chi connectivity index (χ3n) is 3.65. The predicted molar refractivity (Wildman–Crippen MR) is 90.0 cm³/mol. The van der Waals surface area contributed by atoms with Crippen LogP contribution in [0, 0.1) is 10.1 Å². The standard InChI is InChI=1S/C18H13NO8/c1-24-18(21)16-12(8-9-25-16)10-26-17(20)15-7-6-14(27-15)11-2-4-13(5-3-11)19(22)23/h2-9H,10H2,1H3. The minimum atomic E-state index is -0.736. The number of hydrogen-bond acceptors (Lipinski definition) is 8. The molecule has 0 spiro atoms. The normalized spacial score (nSPS) is 10.4. The highest BCUT2D eigenvalue weighted by atomic mass is 16.6. The molecule has 0 fully saturated rings. The maximum Gasteiger partial charge on any atom is 0.374 e. The number of esters is 2. The van der Waals surface area contributed by atoms with Crippen LogP contribution in [0.2, 0.25) is 0 Å². The van der Waals surface area contributed by atoms with E-state index in [4.69, 9.17) is 13.6 Å². The van der Waals surface area contributed by atoms with Crippen LogP contribution < -0.4 is 0 Å². The Morgan fingerprint density at radius 3 is 2.48 bits per heavy atom. The summed E-state index contributed by atoms with van der Waals surface area (Å²) >= 11 is 0. The summed E-state index contributed by atoms with van der Waals surface area (Å²) in [6.07, 6.45) is 1.29. The molecule has 0 saturated heterocycles. The fourth-order valence-corrected chi connectivity index (χ4v) is 2.29. The minimum Gasteiger partial charge on any atom is -0.463 e. The van der Waals surface area contributed by atoms with Crippen molar-refractivity contribution in [3.63, 3.8) is 0 Å². The number of ether oxygens (including phenoxy) is 2. The molecule has 3 rings (SSSR count). The maximum atomic E-state index is 12.1. The second-order valence-electron chi connectivity index (χ2n) is 5.31. The number of nitro groups is 1. The molecule has 27 heavy (non-hydrogen) atoms. The van der Waals surface area contributed by atoms with Crippen LogP contribution in [-0.2, 0) is 16.1 Å². The first-order valence-electron chi connectivity index (χ1n) is 7.66. The molecule has 0 saturated carbocycles. The molecule has 0 aliphatic carbocycles. The molecule has 9 heteroatoms. The van der Waals surface area contributed by atoms with Gasteiger partial charge in [-0.05, 0) is 30.3 Å². The molecule has 0 aliphatic rings. The van der Waals surface area contributed by atoms with E-state index in [0.717, 1.165) is 0 Å². The molecule has 0 N–H and O–H groups in total. The summed E-state index contributed by atoms with van der Waals surface area (Å²) in [6, 6.07) is 10.2. The van der Waals surface area contributed by atoms with Crippen LogP contribution in [0.15, 0.2) is 57.6 Å². The van der Waals surface area contributed by atoms with Crippen molar-refractivity contribution in [2.75, 3.05) is 7.11 Å². The Hall–Kier alpha value is -3.88. The summed E-state index contributed by atoms with van der Waals surface area (Å²) in [4.78, 5) is 33.8. The molecule has 0 amide bonds. The smallest absolute Gasteiger partial charge is 0.374 e. The predicted octanol–water partition coefficient (Wildman–Crippen LogP) is 3.59. The lowest BCUT2D eigenvalue weighted by Gasteiger charge is -2.03. The lowest BCUT2D eigenvalue weighted by molar-refractivity contribution is -0.384. The number of furan rings is 2. The number of rotatable bonds is 6. The fraction of sp³-hybridized carbons (Fsp3) is 0.111. The Bertz CT molecular complexity index is 983. The molecule has 138 valence electrons. The molecule has 9 nitrogen and oxygen atoms in total. The van der Waals surface area contributed by atoms with Gasteiger partial charge in [-0.15, -0.1) is 0 Å². The van der Waals surface area contributed by atoms with Crippen LogP contribution in [0.25, 0.3) is 11.3 Å². The molecular weight excluding hydrogens is 358 g/mol. The Balaban J connectivity index is 1.67. The van der Waals surface area contributed by atoms with Crippen molar-refractivity contribution in [1.29, 1.82) is 0 Å². The van der Waals surface area contributed by atoms with Crippen LogP contribution in [0.3, 0.4) is 0 Å². The van der Waals surface area contributed by atoms with Crippen molar-refractivity contribution in [2.24, 2.45) is 0 Å². The third-order valence-corrected chi connectivity index (χ3v) is 3.65. The van der Waals surface area contributed by atoms with E-state index in [0.29, 0.717) is 16.9 Å². The van der Waals surface area contributed by atoms with Gasteiger partial charge in [-0.2, -0.15) is 0 Å². The van der Waals surface area contributed by atoms with E-state index in [1.54, 1.807) is 6.07 Å². The third kappa shape index (κ3) is 3.87. The minimum absolute atomic E-state index is 0.0451. The molecule has 0 unspecified atom stereocenters. The lowest BCUT2D eigenvalue weighted by Crippen LogP contribution is -2.07. The SMILES string of the molecule is COC(=O)c1occc1COC(=O)c1ccc(-c2ccc([N+](=O)[O-])cc2)o1. The van der Waals surface area contributed by atoms with Gasteiger partial charge in [0.05, 0.1) is 18.3 Å². The second kappa shape index (κ2) is 7.56. The van der Waals surface area contributed by atoms with Crippen LogP contribution in [0.4, 0.5) is 5.69 Å². The number of carbonyl (C=O) groups excluding carboxylic acids is 2. The first-order valence-corrected chi connectivity index (χ1v) is 7.66. The van der Waals surface area contributed by atoms with Gasteiger partial charge in [-0.25, -0.2) is 9.59 Å². The van der Waals surface area contributed by atoms with Crippen molar-refractivity contribution in [2.45, 2.75) is 6.61 Å². The summed E-state index contributed by atoms with van der Waals surface area (Å²) in [5.74, 6) is -1.15. The zero-order chi connectivity index (χ0) is 19.4. The molecule has 0 radical (unpaired) electrons. The summed E-state index contributed by atoms with van der Waals surface area (Å²) in [5.41, 5.74) is 0.881. The van der Waals surface area contributed by atoms with Gasteiger partial charge in [-0.3, -0.25) is 10.1 Å². The Kier molecular flexibility index (Phi) is 5.02. The van der Waals surface area contributed by atoms with Crippen LogP contribution >= 0.6 is 0 Å². The highest BCUT2D eigenvalue weighted by Gasteiger charge is 2.19. The Morgan fingerprint density at radius 2 is 1.81 bits per heavy atom. The van der Waals surface area contributed by atoms with Crippen molar-refractivity contribution in [3.8, 4) is 11.3 Å². The first kappa shape index (κ1) is 17.9. The van der Waals surface area contributed by atoms with Crippen molar-refractivity contribution in [1.82, 2.24) is 0 Å². The molecule has 1 aromatic carbocycles. The molecule has 0 bridgehead atoms. The largest absolute Gasteiger partial charge is 0.463 e. The van der Waals surface area contributed by atoms with E-state index in [-0.39, 0.29) is 23.8 Å². The van der Waals surface area contributed by atoms with Crippen molar-refractivity contribution >= 4 is 17.6 Å². The van der Waals surface area contributed by atoms with Gasteiger partial charge in [-0.1, -0.05) is 0 Å². The lowest BCUT2D eigenvalue weighted by atomic mass is 10.1. The van der Waals surface area contributed by atoms with Gasteiger partial charge < -0.3 is 18.3 Å². The summed E-state index contributed by atoms with van der Waals surface area (Å²) in [6.45, 7) is -0.201. The highest BCUT2D eigenvalue weighted by Crippen LogP contribution is 2.25. The number of nitrogens with zero attached hydrogens (tertiary/aromatic N) is 1. The summed E-state index contributed by atoms with van der Waals surface area (Å²) in [7, 11) is 1.21. The number of hydrogen-bond donors (Lipinski definition) is 0. The van der Waals surface area contributed by atoms with Crippen molar-refractivity contribution in [3.05, 3.63) is 75.9 Å². The van der Waals surface area contributed by atoms with E-state index in [9.17, 15) is 19.7 Å². The van der Waals surface area contributed by atoms with Gasteiger partial charge in [0.25, 0.3) is 5.69 Å². The zero-order valence-corrected chi connectivity index (χ0v) is 14.0. The monoisotopic (exact) mass is 371 g/mol. The number of benzene rings is 1. The highest BCUT2D eigenvalue weighted by molar-refractivity contribution is 5.89. The second-order valence-corrected chi connectivity index (χ2v) is 5.31. The van der Waals surface area contributed by atoms with E-state index in [2.05, 4.69) is 4.74 Å². The van der Waals surface area contributed by atoms with Gasteiger partial charge >= 0.3 is 11.9 Å². The van der Waals surface area contributed by atoms with E-state index in [1.807, 2.05) is 0 Å². The van der Waals surface area contributed by atoms with E-state index in [1.165, 1.54) is 49.8 Å². The molecule has 0 aliphatic heterocycles. The summed E-state index contributed by atoms with van der Waals surface area (Å²) in [5, 5.41) is 10.7. The van der Waals surface area contributed by atoms with Gasteiger partial charge in [0.15, 0.2) is 0 Å². The van der Waals surface area contributed by atoms with Crippen LogP contribution in [0.1, 0.15) is 26.7 Å². The number of non-ortho nitro benzene ring substituents is 1. The van der Waals surface area contributed by atoms with E-state index < -0.39 is 16.9 Å². The molecule has 2 aromatic heterocycles. The molecular formula is C18H13NO8. The average Bonchev–Trinajstić information content (AvgIpc) is 3.35. The average molecular weight is 371 g/mol. The summed E-state index contributed by atoms with van der Waals surface area (Å²) < 4.78 is 20.1. The first-order chi connectivity index (χ1) is 13.0. The quantitative estimate of drug-likeness (QED) is 0.366. The van der Waals surface area contributed by atoms with Crippen LogP contribution in [0.5, 0.6) is 0 Å². The number of carbonyl (C=O) groups is 2. The molecule has 2 heterocycles. The number of methoxy groups -OCH3 is 1. The Morgan fingerprint density at radius 1 is 1.07 bits per heavy atom. The number of nitro benzene ring substituents is 1. The van der Waals surface area contributed by atoms with Gasteiger partial charge in [0, 0.05) is 23.3 Å². The maximum absolute atomic E-state index is 12.1. The molecule has 0 atom stereocenters. The Labute approximate surface area is 152 Å². The zero-order valence-electron chi connectivity index (χ0n) is 14.0.